The Hall–Kier alpha value is -2.11. The molecular weight excluding hydrogens is 496 g/mol. The first-order chi connectivity index (χ1) is 14.7. The Bertz CT molecular complexity index is 788. The molecule has 0 unspecified atom stereocenters. The molecule has 0 spiro atoms. The van der Waals surface area contributed by atoms with E-state index in [0.29, 0.717) is 5.75 Å². The molecule has 9 nitrogen and oxygen atoms in total. The smallest absolute Gasteiger partial charge is 0.367 e. The summed E-state index contributed by atoms with van der Waals surface area (Å²) >= 11 is 4.20. The van der Waals surface area contributed by atoms with Crippen molar-refractivity contribution in [1.82, 2.24) is 0 Å². The van der Waals surface area contributed by atoms with Gasteiger partial charge in [-0.1, -0.05) is 46.3 Å². The fourth-order valence-corrected chi connectivity index (χ4v) is 4.20. The van der Waals surface area contributed by atoms with Gasteiger partial charge in [-0.3, -0.25) is 14.4 Å². The van der Waals surface area contributed by atoms with Gasteiger partial charge in [0.05, 0.1) is 0 Å². The van der Waals surface area contributed by atoms with E-state index in [0.717, 1.165) is 17.3 Å². The van der Waals surface area contributed by atoms with Crippen LogP contribution in [0.4, 0.5) is 4.79 Å². The summed E-state index contributed by atoms with van der Waals surface area (Å²) in [4.78, 5) is 46.9. The molecule has 1 aromatic carbocycles. The number of carbonyl (C=O) groups excluding carboxylic acids is 4. The molecule has 1 aromatic rings. The Morgan fingerprint density at radius 3 is 2.03 bits per heavy atom. The largest absolute Gasteiger partial charge is 0.455 e. The third-order valence-corrected chi connectivity index (χ3v) is 5.62. The van der Waals surface area contributed by atoms with Gasteiger partial charge in [0.1, 0.15) is 12.7 Å². The van der Waals surface area contributed by atoms with Crippen LogP contribution in [0, 0.1) is 0 Å². The van der Waals surface area contributed by atoms with E-state index in [-0.39, 0.29) is 6.61 Å². The number of rotatable bonds is 7. The van der Waals surface area contributed by atoms with Gasteiger partial charge in [0.2, 0.25) is 0 Å². The third kappa shape index (κ3) is 8.15. The highest BCUT2D eigenvalue weighted by Gasteiger charge is 2.51. The minimum Gasteiger partial charge on any atom is -0.455 e. The van der Waals surface area contributed by atoms with Crippen LogP contribution < -0.4 is 0 Å². The Balaban J connectivity index is 2.08. The van der Waals surface area contributed by atoms with Crippen LogP contribution in [0.2, 0.25) is 0 Å². The lowest BCUT2D eigenvalue weighted by molar-refractivity contribution is -0.234. The average molecular weight is 519 g/mol. The van der Waals surface area contributed by atoms with Crippen molar-refractivity contribution < 1.29 is 42.9 Å². The van der Waals surface area contributed by atoms with Crippen molar-refractivity contribution in [1.29, 1.82) is 0 Å². The van der Waals surface area contributed by atoms with Crippen LogP contribution in [0.3, 0.4) is 0 Å². The summed E-state index contributed by atoms with van der Waals surface area (Å²) in [5.41, 5.74) is 0.954. The molecule has 1 aliphatic heterocycles. The summed E-state index contributed by atoms with van der Waals surface area (Å²) in [5, 5.41) is -1.44. The van der Waals surface area contributed by atoms with Gasteiger partial charge < -0.3 is 23.7 Å². The fraction of sp³-hybridized carbons (Fsp3) is 0.500. The number of alkyl halides is 1. The molecule has 1 saturated heterocycles. The van der Waals surface area contributed by atoms with E-state index < -0.39 is 52.6 Å². The highest BCUT2D eigenvalue weighted by Crippen LogP contribution is 2.32. The molecule has 0 amide bonds. The predicted molar refractivity (Wildman–Crippen MR) is 113 cm³/mol. The molecule has 1 heterocycles. The molecule has 170 valence electrons. The highest BCUT2D eigenvalue weighted by atomic mass is 79.9. The maximum Gasteiger partial charge on any atom is 0.367 e. The van der Waals surface area contributed by atoms with Crippen molar-refractivity contribution in [3.8, 4) is 0 Å². The van der Waals surface area contributed by atoms with Crippen LogP contribution in [0.25, 0.3) is 0 Å². The van der Waals surface area contributed by atoms with E-state index in [2.05, 4.69) is 15.9 Å². The van der Waals surface area contributed by atoms with Crippen molar-refractivity contribution >= 4 is 50.9 Å². The predicted octanol–water partition coefficient (Wildman–Crippen LogP) is 2.97. The molecule has 2 rings (SSSR count). The highest BCUT2D eigenvalue weighted by molar-refractivity contribution is 9.09. The quantitative estimate of drug-likeness (QED) is 0.303. The van der Waals surface area contributed by atoms with E-state index in [1.807, 2.05) is 30.3 Å². The van der Waals surface area contributed by atoms with E-state index in [1.165, 1.54) is 20.8 Å². The molecule has 1 aliphatic rings. The number of benzene rings is 1. The molecule has 5 atom stereocenters. The van der Waals surface area contributed by atoms with Gasteiger partial charge in [0, 0.05) is 26.5 Å². The number of esters is 3. The average Bonchev–Trinajstić information content (AvgIpc) is 2.69. The molecule has 1 fully saturated rings. The Kier molecular flexibility index (Phi) is 9.79. The van der Waals surface area contributed by atoms with Crippen molar-refractivity contribution in [2.75, 3.05) is 6.61 Å². The molecule has 0 bridgehead atoms. The Morgan fingerprint density at radius 1 is 0.903 bits per heavy atom. The number of thioether (sulfide) groups is 1. The number of hydrogen-bond donors (Lipinski definition) is 0. The first-order valence-electron chi connectivity index (χ1n) is 9.32. The molecule has 11 heteroatoms. The molecule has 0 radical (unpaired) electrons. The topological polar surface area (TPSA) is 114 Å². The van der Waals surface area contributed by atoms with E-state index >= 15 is 0 Å². The van der Waals surface area contributed by atoms with Gasteiger partial charge in [-0.25, -0.2) is 4.79 Å². The zero-order valence-corrected chi connectivity index (χ0v) is 19.6. The van der Waals surface area contributed by atoms with Crippen molar-refractivity contribution in [2.24, 2.45) is 0 Å². The monoisotopic (exact) mass is 518 g/mol. The van der Waals surface area contributed by atoms with Gasteiger partial charge in [0.25, 0.3) is 0 Å². The lowest BCUT2D eigenvalue weighted by atomic mass is 9.99. The van der Waals surface area contributed by atoms with Crippen LogP contribution in [-0.4, -0.2) is 59.2 Å². The molecule has 31 heavy (non-hydrogen) atoms. The summed E-state index contributed by atoms with van der Waals surface area (Å²) in [6.45, 7) is 3.25. The maximum absolute atomic E-state index is 12.1. The van der Waals surface area contributed by atoms with Crippen LogP contribution in [0.1, 0.15) is 26.3 Å². The maximum atomic E-state index is 12.1. The molecule has 0 saturated carbocycles. The van der Waals surface area contributed by atoms with E-state index in [4.69, 9.17) is 23.7 Å². The SMILES string of the molecule is CC(=O)O[C@@H]1[C@@H](OC(C)=O)[C@@H](Br)O[C@H](COC(=O)SCc2ccccc2)[C@@H]1OC(C)=O. The van der Waals surface area contributed by atoms with Crippen LogP contribution in [0.15, 0.2) is 30.3 Å². The number of hydrogen-bond acceptors (Lipinski definition) is 10. The van der Waals surface area contributed by atoms with Crippen molar-refractivity contribution in [2.45, 2.75) is 56.0 Å². The minimum atomic E-state index is -1.16. The Labute approximate surface area is 192 Å². The zero-order valence-electron chi connectivity index (χ0n) is 17.1. The zero-order chi connectivity index (χ0) is 23.0. The lowest BCUT2D eigenvalue weighted by Gasteiger charge is -2.42. The first kappa shape index (κ1) is 25.2. The molecule has 0 N–H and O–H groups in total. The van der Waals surface area contributed by atoms with Crippen LogP contribution in [0.5, 0.6) is 0 Å². The first-order valence-corrected chi connectivity index (χ1v) is 11.2. The van der Waals surface area contributed by atoms with Gasteiger partial charge in [-0.05, 0) is 17.3 Å². The van der Waals surface area contributed by atoms with Gasteiger partial charge in [0.15, 0.2) is 23.3 Å². The van der Waals surface area contributed by atoms with Gasteiger partial charge in [-0.15, -0.1) is 0 Å². The fourth-order valence-electron chi connectivity index (χ4n) is 2.88. The normalized spacial score (nSPS) is 25.2. The summed E-state index contributed by atoms with van der Waals surface area (Å²) < 4.78 is 26.8. The molecule has 0 aliphatic carbocycles. The van der Waals surface area contributed by atoms with E-state index in [1.54, 1.807) is 0 Å². The third-order valence-electron chi connectivity index (χ3n) is 4.05. The second kappa shape index (κ2) is 12.1. The van der Waals surface area contributed by atoms with Crippen LogP contribution >= 0.6 is 27.7 Å². The summed E-state index contributed by atoms with van der Waals surface area (Å²) in [6, 6.07) is 9.38. The second-order valence-corrected chi connectivity index (χ2v) is 8.40. The second-order valence-electron chi connectivity index (χ2n) is 6.58. The summed E-state index contributed by atoms with van der Waals surface area (Å²) in [7, 11) is 0. The number of halogens is 1. The summed E-state index contributed by atoms with van der Waals surface area (Å²) in [6.07, 6.45) is -4.37. The van der Waals surface area contributed by atoms with Gasteiger partial charge in [-0.2, -0.15) is 0 Å². The molecule has 0 aromatic heterocycles. The standard InChI is InChI=1S/C20H23BrO9S/c1-11(22)27-16-15(9-26-20(25)31-10-14-7-5-4-6-8-14)30-19(21)18(29-13(3)24)17(16)28-12(2)23/h4-8,15-19H,9-10H2,1-3H3/t15-,16+,17+,18-,19+/m1/s1. The number of carbonyl (C=O) groups is 4. The van der Waals surface area contributed by atoms with Crippen LogP contribution in [-0.2, 0) is 43.8 Å². The minimum absolute atomic E-state index is 0.273. The molecular formula is C20H23BrO9S. The van der Waals surface area contributed by atoms with Crippen molar-refractivity contribution in [3.05, 3.63) is 35.9 Å². The van der Waals surface area contributed by atoms with E-state index in [9.17, 15) is 19.2 Å². The lowest BCUT2D eigenvalue weighted by Crippen LogP contribution is -2.60. The van der Waals surface area contributed by atoms with Gasteiger partial charge >= 0.3 is 23.2 Å². The summed E-state index contributed by atoms with van der Waals surface area (Å²) in [5.74, 6) is -1.56. The van der Waals surface area contributed by atoms with Crippen molar-refractivity contribution in [3.63, 3.8) is 0 Å². The number of ether oxygens (including phenoxy) is 5. The Morgan fingerprint density at radius 2 is 1.45 bits per heavy atom.